The highest BCUT2D eigenvalue weighted by atomic mass is 16.5. The Balaban J connectivity index is 2.08. The lowest BCUT2D eigenvalue weighted by atomic mass is 10.1. The lowest BCUT2D eigenvalue weighted by Gasteiger charge is -2.15. The van der Waals surface area contributed by atoms with Crippen LogP contribution in [0, 0.1) is 0 Å². The van der Waals surface area contributed by atoms with Crippen molar-refractivity contribution < 1.29 is 9.53 Å². The van der Waals surface area contributed by atoms with Gasteiger partial charge in [0.15, 0.2) is 0 Å². The van der Waals surface area contributed by atoms with Gasteiger partial charge in [-0.3, -0.25) is 9.69 Å². The molecule has 1 aromatic carbocycles. The highest BCUT2D eigenvalue weighted by Crippen LogP contribution is 2.29. The first-order chi connectivity index (χ1) is 9.65. The number of ether oxygens (including phenoxy) is 1. The number of hydrogen-bond acceptors (Lipinski definition) is 4. The van der Waals surface area contributed by atoms with Crippen LogP contribution in [0.3, 0.4) is 0 Å². The van der Waals surface area contributed by atoms with E-state index in [1.165, 1.54) is 18.2 Å². The number of nitrogens with one attached hydrogen (secondary N) is 1. The van der Waals surface area contributed by atoms with Crippen LogP contribution in [0.15, 0.2) is 18.2 Å². The van der Waals surface area contributed by atoms with Crippen LogP contribution < -0.4 is 11.1 Å². The van der Waals surface area contributed by atoms with Gasteiger partial charge in [0.2, 0.25) is 5.91 Å². The van der Waals surface area contributed by atoms with Crippen molar-refractivity contribution in [2.45, 2.75) is 32.5 Å². The number of hydrogen-bond donors (Lipinski definition) is 2. The smallest absolute Gasteiger partial charge is 0.243 e. The Morgan fingerprint density at radius 3 is 3.00 bits per heavy atom. The number of anilines is 1. The summed E-state index contributed by atoms with van der Waals surface area (Å²) in [4.78, 5) is 14.4. The molecule has 1 aliphatic rings. The molecule has 1 unspecified atom stereocenters. The largest absolute Gasteiger partial charge is 0.383 e. The molecule has 1 aromatic rings. The van der Waals surface area contributed by atoms with Crippen LogP contribution in [0.4, 0.5) is 5.69 Å². The Hall–Kier alpha value is -1.43. The summed E-state index contributed by atoms with van der Waals surface area (Å²) in [7, 11) is 1.54. The van der Waals surface area contributed by atoms with E-state index in [1.54, 1.807) is 0 Å². The van der Waals surface area contributed by atoms with Gasteiger partial charge < -0.3 is 15.8 Å². The van der Waals surface area contributed by atoms with E-state index >= 15 is 0 Å². The Morgan fingerprint density at radius 1 is 1.50 bits per heavy atom. The summed E-state index contributed by atoms with van der Waals surface area (Å²) in [6, 6.07) is 5.40. The minimum Gasteiger partial charge on any atom is -0.383 e. The maximum atomic E-state index is 12.0. The fraction of sp³-hybridized carbons (Fsp3) is 0.533. The molecule has 20 heavy (non-hydrogen) atoms. The predicted molar refractivity (Wildman–Crippen MR) is 79.3 cm³/mol. The standard InChI is InChI=1S/C15H23N3O2/c1-3-7-18-8-11-5-4-6-14(12(11)9-18)17-15(19)13(16)10-20-2/h4-6,13H,3,7-10,16H2,1-2H3,(H,17,19). The summed E-state index contributed by atoms with van der Waals surface area (Å²) in [6.07, 6.45) is 1.13. The van der Waals surface area contributed by atoms with Crippen LogP contribution in [0.5, 0.6) is 0 Å². The van der Waals surface area contributed by atoms with E-state index in [4.69, 9.17) is 10.5 Å². The van der Waals surface area contributed by atoms with E-state index in [0.29, 0.717) is 0 Å². The Kier molecular flexibility index (Phi) is 5.11. The SMILES string of the molecule is CCCN1Cc2cccc(NC(=O)C(N)COC)c2C1. The number of amides is 1. The number of fused-ring (bicyclic) bond motifs is 1. The second kappa shape index (κ2) is 6.83. The molecule has 3 N–H and O–H groups in total. The summed E-state index contributed by atoms with van der Waals surface area (Å²) in [5.74, 6) is -0.200. The molecule has 5 heteroatoms. The number of nitrogens with two attached hydrogens (primary N) is 1. The lowest BCUT2D eigenvalue weighted by molar-refractivity contribution is -0.118. The molecule has 1 amide bonds. The predicted octanol–water partition coefficient (Wildman–Crippen LogP) is 1.32. The quantitative estimate of drug-likeness (QED) is 0.823. The van der Waals surface area contributed by atoms with Gasteiger partial charge in [-0.25, -0.2) is 0 Å². The first-order valence-corrected chi connectivity index (χ1v) is 7.04. The average molecular weight is 277 g/mol. The summed E-state index contributed by atoms with van der Waals surface area (Å²) < 4.78 is 4.91. The van der Waals surface area contributed by atoms with Crippen LogP contribution in [-0.2, 0) is 22.6 Å². The topological polar surface area (TPSA) is 67.6 Å². The number of nitrogens with zero attached hydrogens (tertiary/aromatic N) is 1. The molecule has 1 heterocycles. The summed E-state index contributed by atoms with van der Waals surface area (Å²) in [5, 5.41) is 2.92. The minimum absolute atomic E-state index is 0.200. The lowest BCUT2D eigenvalue weighted by Crippen LogP contribution is -2.39. The van der Waals surface area contributed by atoms with Gasteiger partial charge in [-0.05, 0) is 30.2 Å². The highest BCUT2D eigenvalue weighted by molar-refractivity contribution is 5.95. The van der Waals surface area contributed by atoms with Crippen molar-refractivity contribution in [3.63, 3.8) is 0 Å². The van der Waals surface area contributed by atoms with Gasteiger partial charge in [-0.15, -0.1) is 0 Å². The first-order valence-electron chi connectivity index (χ1n) is 7.04. The third-order valence-corrected chi connectivity index (χ3v) is 3.53. The summed E-state index contributed by atoms with van der Waals surface area (Å²) >= 11 is 0. The van der Waals surface area contributed by atoms with Crippen molar-refractivity contribution in [2.75, 3.05) is 25.6 Å². The van der Waals surface area contributed by atoms with Crippen molar-refractivity contribution in [1.82, 2.24) is 4.90 Å². The van der Waals surface area contributed by atoms with E-state index in [9.17, 15) is 4.79 Å². The van der Waals surface area contributed by atoms with Crippen LogP contribution in [0.2, 0.25) is 0 Å². The third kappa shape index (κ3) is 3.36. The third-order valence-electron chi connectivity index (χ3n) is 3.53. The van der Waals surface area contributed by atoms with Crippen molar-refractivity contribution in [2.24, 2.45) is 5.73 Å². The number of carbonyl (C=O) groups is 1. The second-order valence-electron chi connectivity index (χ2n) is 5.20. The Bertz CT molecular complexity index is 476. The summed E-state index contributed by atoms with van der Waals surface area (Å²) in [5.41, 5.74) is 9.12. The van der Waals surface area contributed by atoms with Gasteiger partial charge in [-0.2, -0.15) is 0 Å². The average Bonchev–Trinajstić information content (AvgIpc) is 2.83. The molecule has 1 aliphatic heterocycles. The molecule has 0 saturated carbocycles. The molecule has 0 saturated heterocycles. The van der Waals surface area contributed by atoms with Crippen molar-refractivity contribution in [3.8, 4) is 0 Å². The first kappa shape index (κ1) is 15.0. The normalized spacial score (nSPS) is 15.9. The van der Waals surface area contributed by atoms with Gasteiger partial charge in [0, 0.05) is 25.9 Å². The van der Waals surface area contributed by atoms with E-state index in [0.717, 1.165) is 31.7 Å². The van der Waals surface area contributed by atoms with Gasteiger partial charge in [0.05, 0.1) is 6.61 Å². The zero-order valence-electron chi connectivity index (χ0n) is 12.2. The molecule has 0 radical (unpaired) electrons. The van der Waals surface area contributed by atoms with E-state index in [1.807, 2.05) is 12.1 Å². The molecular formula is C15H23N3O2. The van der Waals surface area contributed by atoms with Crippen molar-refractivity contribution in [3.05, 3.63) is 29.3 Å². The van der Waals surface area contributed by atoms with Crippen LogP contribution in [0.25, 0.3) is 0 Å². The molecule has 110 valence electrons. The molecule has 0 aromatic heterocycles. The Morgan fingerprint density at radius 2 is 2.30 bits per heavy atom. The van der Waals surface area contributed by atoms with Crippen LogP contribution >= 0.6 is 0 Å². The van der Waals surface area contributed by atoms with Crippen LogP contribution in [0.1, 0.15) is 24.5 Å². The molecule has 5 nitrogen and oxygen atoms in total. The van der Waals surface area contributed by atoms with Crippen molar-refractivity contribution >= 4 is 11.6 Å². The fourth-order valence-electron chi connectivity index (χ4n) is 2.56. The molecule has 0 spiro atoms. The zero-order valence-corrected chi connectivity index (χ0v) is 12.2. The monoisotopic (exact) mass is 277 g/mol. The maximum absolute atomic E-state index is 12.0. The van der Waals surface area contributed by atoms with Gasteiger partial charge >= 0.3 is 0 Å². The molecule has 0 aliphatic carbocycles. The van der Waals surface area contributed by atoms with Gasteiger partial charge in [-0.1, -0.05) is 19.1 Å². The van der Waals surface area contributed by atoms with Crippen molar-refractivity contribution in [1.29, 1.82) is 0 Å². The zero-order chi connectivity index (χ0) is 14.5. The van der Waals surface area contributed by atoms with Crippen LogP contribution in [-0.4, -0.2) is 37.1 Å². The number of rotatable bonds is 6. The molecular weight excluding hydrogens is 254 g/mol. The molecule has 0 fully saturated rings. The number of carbonyl (C=O) groups excluding carboxylic acids is 1. The summed E-state index contributed by atoms with van der Waals surface area (Å²) in [6.45, 7) is 5.32. The fourth-order valence-corrected chi connectivity index (χ4v) is 2.56. The van der Waals surface area contributed by atoms with E-state index in [-0.39, 0.29) is 12.5 Å². The molecule has 1 atom stereocenters. The van der Waals surface area contributed by atoms with Gasteiger partial charge in [0.25, 0.3) is 0 Å². The van der Waals surface area contributed by atoms with Gasteiger partial charge in [0.1, 0.15) is 6.04 Å². The maximum Gasteiger partial charge on any atom is 0.243 e. The molecule has 0 bridgehead atoms. The minimum atomic E-state index is -0.635. The second-order valence-corrected chi connectivity index (χ2v) is 5.20. The Labute approximate surface area is 120 Å². The number of benzene rings is 1. The van der Waals surface area contributed by atoms with E-state index in [2.05, 4.69) is 23.2 Å². The highest BCUT2D eigenvalue weighted by Gasteiger charge is 2.22. The van der Waals surface area contributed by atoms with E-state index < -0.39 is 6.04 Å². The molecule has 2 rings (SSSR count). The number of methoxy groups -OCH3 is 1.